The normalized spacial score (nSPS) is 10.4. The van der Waals surface area contributed by atoms with Gasteiger partial charge >= 0.3 is 0 Å². The lowest BCUT2D eigenvalue weighted by molar-refractivity contribution is 0.0785. The molecule has 0 unspecified atom stereocenters. The molecule has 0 saturated heterocycles. The molecule has 0 saturated carbocycles. The minimum atomic E-state index is -0.132. The molecule has 6 heteroatoms. The summed E-state index contributed by atoms with van der Waals surface area (Å²) in [5.41, 5.74) is 0.323. The van der Waals surface area contributed by atoms with Crippen LogP contribution in [0, 0.1) is 0 Å². The lowest BCUT2D eigenvalue weighted by Crippen LogP contribution is -2.28. The zero-order valence-electron chi connectivity index (χ0n) is 9.40. The quantitative estimate of drug-likeness (QED) is 0.748. The van der Waals surface area contributed by atoms with Gasteiger partial charge in [-0.1, -0.05) is 21.1 Å². The smallest absolute Gasteiger partial charge is 0.275 e. The third kappa shape index (κ3) is 3.61. The van der Waals surface area contributed by atoms with Crippen LogP contribution in [0.15, 0.2) is 10.6 Å². The van der Waals surface area contributed by atoms with Crippen LogP contribution in [0.5, 0.6) is 0 Å². The first-order valence-electron chi connectivity index (χ1n) is 4.95. The first-order valence-corrected chi connectivity index (χ1v) is 6.07. The molecule has 1 aromatic heterocycles. The zero-order chi connectivity index (χ0) is 12.0. The van der Waals surface area contributed by atoms with E-state index in [2.05, 4.69) is 21.1 Å². The number of carbonyl (C=O) groups is 1. The minimum Gasteiger partial charge on any atom is -0.377 e. The van der Waals surface area contributed by atoms with Crippen molar-refractivity contribution in [2.45, 2.75) is 13.0 Å². The molecule has 0 aliphatic rings. The number of nitrogens with zero attached hydrogens (tertiary/aromatic N) is 2. The van der Waals surface area contributed by atoms with E-state index in [0.29, 0.717) is 24.6 Å². The number of rotatable bonds is 6. The standard InChI is InChI=1S/C10H15BrN2O3/c1-13(5-3-4-11)10(14)9-6-8(7-15-2)16-12-9/h6H,3-5,7H2,1-2H3. The van der Waals surface area contributed by atoms with Crippen molar-refractivity contribution >= 4 is 21.8 Å². The summed E-state index contributed by atoms with van der Waals surface area (Å²) in [7, 11) is 3.31. The highest BCUT2D eigenvalue weighted by Gasteiger charge is 2.16. The van der Waals surface area contributed by atoms with E-state index >= 15 is 0 Å². The number of amides is 1. The highest BCUT2D eigenvalue weighted by Crippen LogP contribution is 2.07. The Bertz CT molecular complexity index is 341. The molecule has 0 aromatic carbocycles. The fourth-order valence-corrected chi connectivity index (χ4v) is 1.47. The van der Waals surface area contributed by atoms with Crippen LogP contribution in [0.3, 0.4) is 0 Å². The van der Waals surface area contributed by atoms with Gasteiger partial charge in [0.1, 0.15) is 6.61 Å². The van der Waals surface area contributed by atoms with Gasteiger partial charge in [0, 0.05) is 32.1 Å². The van der Waals surface area contributed by atoms with Gasteiger partial charge in [-0.15, -0.1) is 0 Å². The van der Waals surface area contributed by atoms with E-state index in [4.69, 9.17) is 9.26 Å². The third-order valence-electron chi connectivity index (χ3n) is 2.04. The van der Waals surface area contributed by atoms with E-state index in [0.717, 1.165) is 11.8 Å². The topological polar surface area (TPSA) is 55.6 Å². The average Bonchev–Trinajstić information content (AvgIpc) is 2.74. The molecule has 1 rings (SSSR count). The van der Waals surface area contributed by atoms with E-state index in [1.807, 2.05) is 0 Å². The second-order valence-electron chi connectivity index (χ2n) is 3.38. The lowest BCUT2D eigenvalue weighted by Gasteiger charge is -2.14. The minimum absolute atomic E-state index is 0.132. The zero-order valence-corrected chi connectivity index (χ0v) is 11.0. The van der Waals surface area contributed by atoms with Crippen molar-refractivity contribution in [3.05, 3.63) is 17.5 Å². The number of hydrogen-bond donors (Lipinski definition) is 0. The molecule has 0 radical (unpaired) electrons. The number of halogens is 1. The Kier molecular flexibility index (Phi) is 5.48. The van der Waals surface area contributed by atoms with Crippen LogP contribution in [-0.2, 0) is 11.3 Å². The van der Waals surface area contributed by atoms with Gasteiger partial charge in [-0.2, -0.15) is 0 Å². The SMILES string of the molecule is COCc1cc(C(=O)N(C)CCCBr)no1. The van der Waals surface area contributed by atoms with Gasteiger partial charge in [-0.3, -0.25) is 4.79 Å². The Morgan fingerprint density at radius 1 is 1.69 bits per heavy atom. The fourth-order valence-electron chi connectivity index (χ4n) is 1.22. The number of aromatic nitrogens is 1. The summed E-state index contributed by atoms with van der Waals surface area (Å²) in [5.74, 6) is 0.423. The van der Waals surface area contributed by atoms with Gasteiger partial charge in [-0.25, -0.2) is 0 Å². The van der Waals surface area contributed by atoms with E-state index < -0.39 is 0 Å². The second-order valence-corrected chi connectivity index (χ2v) is 4.17. The van der Waals surface area contributed by atoms with Crippen LogP contribution in [0.4, 0.5) is 0 Å². The van der Waals surface area contributed by atoms with Crippen LogP contribution in [0.2, 0.25) is 0 Å². The third-order valence-corrected chi connectivity index (χ3v) is 2.60. The molecule has 1 amide bonds. The predicted molar refractivity (Wildman–Crippen MR) is 62.6 cm³/mol. The summed E-state index contributed by atoms with van der Waals surface area (Å²) in [6.07, 6.45) is 0.908. The molecular formula is C10H15BrN2O3. The summed E-state index contributed by atoms with van der Waals surface area (Å²) < 4.78 is 9.83. The molecular weight excluding hydrogens is 276 g/mol. The summed E-state index contributed by atoms with van der Waals surface area (Å²) in [6.45, 7) is 1.02. The maximum Gasteiger partial charge on any atom is 0.275 e. The molecule has 1 aromatic rings. The van der Waals surface area contributed by atoms with Gasteiger partial charge < -0.3 is 14.2 Å². The van der Waals surface area contributed by atoms with Crippen molar-refractivity contribution in [3.63, 3.8) is 0 Å². The predicted octanol–water partition coefficient (Wildman–Crippen LogP) is 1.68. The first kappa shape index (κ1) is 13.2. The number of carbonyl (C=O) groups excluding carboxylic acids is 1. The highest BCUT2D eigenvalue weighted by molar-refractivity contribution is 9.09. The monoisotopic (exact) mass is 290 g/mol. The molecule has 0 aliphatic heterocycles. The van der Waals surface area contributed by atoms with Crippen LogP contribution in [-0.4, -0.2) is 42.0 Å². The molecule has 0 fully saturated rings. The molecule has 0 atom stereocenters. The van der Waals surface area contributed by atoms with E-state index in [-0.39, 0.29) is 5.91 Å². The largest absolute Gasteiger partial charge is 0.377 e. The Morgan fingerprint density at radius 2 is 2.44 bits per heavy atom. The molecule has 90 valence electrons. The van der Waals surface area contributed by atoms with E-state index in [1.54, 1.807) is 25.1 Å². The van der Waals surface area contributed by atoms with E-state index in [9.17, 15) is 4.79 Å². The summed E-state index contributed by atoms with van der Waals surface area (Å²) in [5, 5.41) is 4.58. The van der Waals surface area contributed by atoms with Gasteiger partial charge in [0.05, 0.1) is 0 Å². The molecule has 0 N–H and O–H groups in total. The van der Waals surface area contributed by atoms with Gasteiger partial charge in [0.2, 0.25) is 0 Å². The number of alkyl halides is 1. The van der Waals surface area contributed by atoms with Gasteiger partial charge in [0.15, 0.2) is 11.5 Å². The van der Waals surface area contributed by atoms with Crippen LogP contribution in [0.1, 0.15) is 22.7 Å². The summed E-state index contributed by atoms with van der Waals surface area (Å²) in [6, 6.07) is 1.61. The van der Waals surface area contributed by atoms with Crippen LogP contribution < -0.4 is 0 Å². The number of methoxy groups -OCH3 is 1. The van der Waals surface area contributed by atoms with Gasteiger partial charge in [0.25, 0.3) is 5.91 Å². The Morgan fingerprint density at radius 3 is 3.06 bits per heavy atom. The number of ether oxygens (including phenoxy) is 1. The first-order chi connectivity index (χ1) is 7.69. The number of hydrogen-bond acceptors (Lipinski definition) is 4. The van der Waals surface area contributed by atoms with Gasteiger partial charge in [-0.05, 0) is 6.42 Å². The second kappa shape index (κ2) is 6.65. The van der Waals surface area contributed by atoms with E-state index in [1.165, 1.54) is 0 Å². The molecule has 0 aliphatic carbocycles. The highest BCUT2D eigenvalue weighted by atomic mass is 79.9. The summed E-state index contributed by atoms with van der Waals surface area (Å²) in [4.78, 5) is 13.4. The molecule has 0 bridgehead atoms. The summed E-state index contributed by atoms with van der Waals surface area (Å²) >= 11 is 3.32. The van der Waals surface area contributed by atoms with Crippen LogP contribution in [0.25, 0.3) is 0 Å². The Labute approximate surface area is 103 Å². The van der Waals surface area contributed by atoms with Crippen molar-refractivity contribution in [2.24, 2.45) is 0 Å². The van der Waals surface area contributed by atoms with Crippen molar-refractivity contribution in [1.82, 2.24) is 10.1 Å². The fraction of sp³-hybridized carbons (Fsp3) is 0.600. The maximum atomic E-state index is 11.8. The average molecular weight is 291 g/mol. The maximum absolute atomic E-state index is 11.8. The molecule has 16 heavy (non-hydrogen) atoms. The Balaban J connectivity index is 2.57. The lowest BCUT2D eigenvalue weighted by atomic mass is 10.3. The Hall–Kier alpha value is -0.880. The van der Waals surface area contributed by atoms with Crippen LogP contribution >= 0.6 is 15.9 Å². The van der Waals surface area contributed by atoms with Crippen molar-refractivity contribution < 1.29 is 14.1 Å². The van der Waals surface area contributed by atoms with Crippen molar-refractivity contribution in [1.29, 1.82) is 0 Å². The molecule has 5 nitrogen and oxygen atoms in total. The molecule has 1 heterocycles. The van der Waals surface area contributed by atoms with Crippen molar-refractivity contribution in [2.75, 3.05) is 26.0 Å². The molecule has 0 spiro atoms. The van der Waals surface area contributed by atoms with Crippen molar-refractivity contribution in [3.8, 4) is 0 Å².